The molecule has 0 fully saturated rings. The van der Waals surface area contributed by atoms with E-state index in [0.717, 1.165) is 11.1 Å². The lowest BCUT2D eigenvalue weighted by Crippen LogP contribution is -2.47. The van der Waals surface area contributed by atoms with E-state index in [-0.39, 0.29) is 26.1 Å². The summed E-state index contributed by atoms with van der Waals surface area (Å²) in [6.45, 7) is 0.0589. The number of hydrogen-bond donors (Lipinski definition) is 2. The maximum absolute atomic E-state index is 12.8. The molecule has 0 unspecified atom stereocenters. The molecule has 0 radical (unpaired) electrons. The molecule has 2 amide bonds. The summed E-state index contributed by atoms with van der Waals surface area (Å²) in [5, 5.41) is 4.94. The van der Waals surface area contributed by atoms with Gasteiger partial charge in [-0.05, 0) is 48.0 Å². The lowest BCUT2D eigenvalue weighted by Gasteiger charge is -2.20. The van der Waals surface area contributed by atoms with Crippen molar-refractivity contribution in [3.8, 4) is 0 Å². The Morgan fingerprint density at radius 2 is 1.05 bits per heavy atom. The molecule has 11 heteroatoms. The summed E-state index contributed by atoms with van der Waals surface area (Å²) < 4.78 is 15.4. The zero-order valence-electron chi connectivity index (χ0n) is 20.8. The highest BCUT2D eigenvalue weighted by Gasteiger charge is 2.30. The van der Waals surface area contributed by atoms with Crippen molar-refractivity contribution in [3.05, 3.63) is 71.8 Å². The van der Waals surface area contributed by atoms with Crippen LogP contribution in [0.4, 0.5) is 9.59 Å². The number of nitrogens with one attached hydrogen (secondary N) is 2. The number of thioether (sulfide) groups is 2. The summed E-state index contributed by atoms with van der Waals surface area (Å²) in [6.07, 6.45) is 2.56. The molecule has 37 heavy (non-hydrogen) atoms. The van der Waals surface area contributed by atoms with Crippen molar-refractivity contribution in [2.75, 3.05) is 24.0 Å². The average molecular weight is 549 g/mol. The predicted molar refractivity (Wildman–Crippen MR) is 144 cm³/mol. The first kappa shape index (κ1) is 30.0. The van der Waals surface area contributed by atoms with Crippen molar-refractivity contribution in [1.29, 1.82) is 0 Å². The quantitative estimate of drug-likeness (QED) is 0.204. The summed E-state index contributed by atoms with van der Waals surface area (Å²) in [4.78, 5) is 50.1. The Bertz CT molecular complexity index is 913. The number of rotatable bonds is 14. The fourth-order valence-corrected chi connectivity index (χ4v) is 3.97. The molecule has 0 aliphatic carbocycles. The molecule has 2 aromatic carbocycles. The fourth-order valence-electron chi connectivity index (χ4n) is 3.02. The topological polar surface area (TPSA) is 120 Å². The molecule has 0 heterocycles. The number of carbonyl (C=O) groups is 4. The third kappa shape index (κ3) is 12.1. The molecule has 0 saturated carbocycles. The molecule has 2 N–H and O–H groups in total. The molecule has 2 rings (SSSR count). The molecule has 0 aliphatic rings. The number of carbonyl (C=O) groups excluding carboxylic acids is 4. The van der Waals surface area contributed by atoms with Gasteiger partial charge in [-0.1, -0.05) is 60.7 Å². The number of ether oxygens (including phenoxy) is 3. The molecule has 2 aromatic rings. The summed E-state index contributed by atoms with van der Waals surface area (Å²) in [7, 11) is 0. The minimum atomic E-state index is -1.09. The van der Waals surface area contributed by atoms with Gasteiger partial charge < -0.3 is 24.8 Å². The van der Waals surface area contributed by atoms with Gasteiger partial charge in [0.2, 0.25) is 0 Å². The van der Waals surface area contributed by atoms with Gasteiger partial charge in [0.1, 0.15) is 25.3 Å². The van der Waals surface area contributed by atoms with Crippen molar-refractivity contribution >= 4 is 47.6 Å². The van der Waals surface area contributed by atoms with Gasteiger partial charge in [0.05, 0.1) is 0 Å². The summed E-state index contributed by atoms with van der Waals surface area (Å²) in [6, 6.07) is 16.0. The predicted octanol–water partition coefficient (Wildman–Crippen LogP) is 4.15. The normalized spacial score (nSPS) is 12.1. The van der Waals surface area contributed by atoms with E-state index in [1.165, 1.54) is 23.5 Å². The average Bonchev–Trinajstić information content (AvgIpc) is 2.92. The molecule has 0 spiro atoms. The summed E-state index contributed by atoms with van der Waals surface area (Å²) in [5.74, 6) is -0.784. The van der Waals surface area contributed by atoms with Crippen LogP contribution in [0, 0.1) is 0 Å². The minimum absolute atomic E-state index is 0.0294. The Morgan fingerprint density at radius 3 is 1.41 bits per heavy atom. The maximum Gasteiger partial charge on any atom is 0.408 e. The first-order chi connectivity index (χ1) is 17.9. The van der Waals surface area contributed by atoms with E-state index in [1.54, 1.807) is 24.3 Å². The van der Waals surface area contributed by atoms with Crippen LogP contribution >= 0.6 is 23.5 Å². The van der Waals surface area contributed by atoms with Crippen LogP contribution in [0.2, 0.25) is 0 Å². The summed E-state index contributed by atoms with van der Waals surface area (Å²) in [5.41, 5.74) is 1.58. The number of amides is 2. The number of alkyl carbamates (subject to hydrolysis) is 2. The van der Waals surface area contributed by atoms with Gasteiger partial charge in [-0.15, -0.1) is 0 Å². The Balaban J connectivity index is 1.93. The van der Waals surface area contributed by atoms with Gasteiger partial charge >= 0.3 is 24.1 Å². The van der Waals surface area contributed by atoms with Crippen molar-refractivity contribution in [3.63, 3.8) is 0 Å². The van der Waals surface area contributed by atoms with E-state index in [9.17, 15) is 19.2 Å². The molecular weight excluding hydrogens is 516 g/mol. The Hall–Kier alpha value is -3.18. The number of hydrogen-bond acceptors (Lipinski definition) is 9. The van der Waals surface area contributed by atoms with Gasteiger partial charge in [0.15, 0.2) is 0 Å². The molecular formula is C26H32N2O7S2. The third-order valence-electron chi connectivity index (χ3n) is 5.00. The van der Waals surface area contributed by atoms with Crippen molar-refractivity contribution in [2.24, 2.45) is 0 Å². The van der Waals surface area contributed by atoms with E-state index < -0.39 is 36.2 Å². The van der Waals surface area contributed by atoms with Gasteiger partial charge in [-0.3, -0.25) is 0 Å². The second-order valence-electron chi connectivity index (χ2n) is 7.82. The monoisotopic (exact) mass is 548 g/mol. The Labute approximate surface area is 225 Å². The van der Waals surface area contributed by atoms with Gasteiger partial charge in [-0.25, -0.2) is 19.2 Å². The molecule has 0 bridgehead atoms. The first-order valence-corrected chi connectivity index (χ1v) is 14.4. The van der Waals surface area contributed by atoms with Crippen LogP contribution in [-0.2, 0) is 37.0 Å². The van der Waals surface area contributed by atoms with Gasteiger partial charge in [0.25, 0.3) is 0 Å². The molecule has 9 nitrogen and oxygen atoms in total. The highest BCUT2D eigenvalue weighted by molar-refractivity contribution is 7.98. The van der Waals surface area contributed by atoms with Crippen LogP contribution in [0.25, 0.3) is 0 Å². The number of esters is 2. The second kappa shape index (κ2) is 17.3. The second-order valence-corrected chi connectivity index (χ2v) is 9.79. The lowest BCUT2D eigenvalue weighted by molar-refractivity contribution is -0.162. The van der Waals surface area contributed by atoms with E-state index in [2.05, 4.69) is 10.6 Å². The minimum Gasteiger partial charge on any atom is -0.445 e. The zero-order chi connectivity index (χ0) is 26.9. The highest BCUT2D eigenvalue weighted by atomic mass is 32.2. The molecule has 0 aliphatic heterocycles. The summed E-state index contributed by atoms with van der Waals surface area (Å²) >= 11 is 2.94. The molecule has 0 aromatic heterocycles. The molecule has 0 saturated heterocycles. The SMILES string of the molecule is CSCC[C@H](NC(=O)OCc1ccccc1)C(=O)OC(=O)[C@H](CCSC)NC(=O)OCc1ccccc1. The van der Waals surface area contributed by atoms with Crippen molar-refractivity contribution in [1.82, 2.24) is 10.6 Å². The highest BCUT2D eigenvalue weighted by Crippen LogP contribution is 2.09. The van der Waals surface area contributed by atoms with Crippen LogP contribution in [-0.4, -0.2) is 60.2 Å². The molecule has 2 atom stereocenters. The smallest absolute Gasteiger partial charge is 0.408 e. The zero-order valence-corrected chi connectivity index (χ0v) is 22.5. The van der Waals surface area contributed by atoms with Crippen LogP contribution in [0.3, 0.4) is 0 Å². The van der Waals surface area contributed by atoms with Crippen LogP contribution in [0.15, 0.2) is 60.7 Å². The van der Waals surface area contributed by atoms with Crippen molar-refractivity contribution in [2.45, 2.75) is 38.1 Å². The van der Waals surface area contributed by atoms with Crippen LogP contribution in [0.1, 0.15) is 24.0 Å². The van der Waals surface area contributed by atoms with E-state index in [1.807, 2.05) is 48.9 Å². The lowest BCUT2D eigenvalue weighted by atomic mass is 10.2. The van der Waals surface area contributed by atoms with Crippen LogP contribution in [0.5, 0.6) is 0 Å². The van der Waals surface area contributed by atoms with Gasteiger partial charge in [0, 0.05) is 0 Å². The maximum atomic E-state index is 12.8. The largest absolute Gasteiger partial charge is 0.445 e. The van der Waals surface area contributed by atoms with E-state index in [0.29, 0.717) is 11.5 Å². The third-order valence-corrected chi connectivity index (χ3v) is 6.29. The Kier molecular flexibility index (Phi) is 14.1. The fraction of sp³-hybridized carbons (Fsp3) is 0.385. The van der Waals surface area contributed by atoms with E-state index in [4.69, 9.17) is 14.2 Å². The Morgan fingerprint density at radius 1 is 0.676 bits per heavy atom. The molecule has 200 valence electrons. The first-order valence-electron chi connectivity index (χ1n) is 11.6. The van der Waals surface area contributed by atoms with Crippen LogP contribution < -0.4 is 10.6 Å². The van der Waals surface area contributed by atoms with Crippen molar-refractivity contribution < 1.29 is 33.4 Å². The standard InChI is InChI=1S/C26H32N2O7S2/c1-36-15-13-21(27-25(31)33-17-19-9-5-3-6-10-19)23(29)35-24(30)22(14-16-37-2)28-26(32)34-18-20-11-7-4-8-12-20/h3-12,21-22H,13-18H2,1-2H3,(H,27,31)(H,28,32)/t21-,22-/m0/s1. The van der Waals surface area contributed by atoms with Gasteiger partial charge in [-0.2, -0.15) is 23.5 Å². The van der Waals surface area contributed by atoms with E-state index >= 15 is 0 Å². The number of benzene rings is 2.